The fourth-order valence-electron chi connectivity index (χ4n) is 2.32. The molecule has 0 bridgehead atoms. The highest BCUT2D eigenvalue weighted by Crippen LogP contribution is 2.21. The number of rotatable bonds is 3. The van der Waals surface area contributed by atoms with Gasteiger partial charge in [0, 0.05) is 30.6 Å². The van der Waals surface area contributed by atoms with E-state index in [0.717, 1.165) is 19.5 Å². The highest BCUT2D eigenvalue weighted by Gasteiger charge is 2.25. The van der Waals surface area contributed by atoms with Crippen molar-refractivity contribution in [2.75, 3.05) is 13.1 Å². The lowest BCUT2D eigenvalue weighted by Gasteiger charge is -2.36. The van der Waals surface area contributed by atoms with E-state index in [9.17, 15) is 0 Å². The van der Waals surface area contributed by atoms with E-state index in [1.54, 1.807) is 0 Å². The van der Waals surface area contributed by atoms with Crippen LogP contribution in [0.3, 0.4) is 0 Å². The number of likely N-dealkylation sites (tertiary alicyclic amines) is 1. The van der Waals surface area contributed by atoms with Gasteiger partial charge in [0.15, 0.2) is 0 Å². The van der Waals surface area contributed by atoms with Crippen molar-refractivity contribution in [2.24, 2.45) is 11.7 Å². The maximum Gasteiger partial charge on any atom is 0.0328 e. The maximum absolute atomic E-state index is 6.10. The molecule has 2 nitrogen and oxygen atoms in total. The second-order valence-electron chi connectivity index (χ2n) is 4.44. The first-order chi connectivity index (χ1) is 7.29. The molecule has 1 aromatic heterocycles. The summed E-state index contributed by atoms with van der Waals surface area (Å²) in [5.41, 5.74) is 6.10. The van der Waals surface area contributed by atoms with E-state index in [1.165, 1.54) is 17.8 Å². The molecule has 0 aliphatic carbocycles. The normalized spacial score (nSPS) is 28.1. The van der Waals surface area contributed by atoms with Gasteiger partial charge in [0.25, 0.3) is 0 Å². The maximum atomic E-state index is 6.10. The Hall–Kier alpha value is -0.380. The van der Waals surface area contributed by atoms with Crippen molar-refractivity contribution in [3.8, 4) is 0 Å². The third-order valence-corrected chi connectivity index (χ3v) is 4.22. The van der Waals surface area contributed by atoms with Crippen molar-refractivity contribution < 1.29 is 0 Å². The van der Waals surface area contributed by atoms with Crippen LogP contribution in [0, 0.1) is 5.92 Å². The first-order valence-corrected chi connectivity index (χ1v) is 6.68. The third kappa shape index (κ3) is 2.80. The second-order valence-corrected chi connectivity index (χ2v) is 5.47. The Balaban J connectivity index is 1.89. The minimum absolute atomic E-state index is 0.426. The van der Waals surface area contributed by atoms with Crippen LogP contribution in [0.15, 0.2) is 17.5 Å². The zero-order valence-electron chi connectivity index (χ0n) is 9.36. The predicted octanol–water partition coefficient (Wildman–Crippen LogP) is 2.31. The summed E-state index contributed by atoms with van der Waals surface area (Å²) in [5, 5.41) is 2.16. The van der Waals surface area contributed by atoms with Crippen LogP contribution in [0.4, 0.5) is 0 Å². The van der Waals surface area contributed by atoms with Gasteiger partial charge in [-0.1, -0.05) is 19.4 Å². The molecule has 15 heavy (non-hydrogen) atoms. The summed E-state index contributed by atoms with van der Waals surface area (Å²) in [5.74, 6) is 0.693. The molecule has 2 heterocycles. The van der Waals surface area contributed by atoms with Crippen LogP contribution in [-0.2, 0) is 6.54 Å². The molecule has 3 heteroatoms. The van der Waals surface area contributed by atoms with Gasteiger partial charge in [-0.3, -0.25) is 4.90 Å². The molecule has 1 fully saturated rings. The first-order valence-electron chi connectivity index (χ1n) is 5.80. The minimum atomic E-state index is 0.426. The fraction of sp³-hybridized carbons (Fsp3) is 0.667. The van der Waals surface area contributed by atoms with Gasteiger partial charge in [0.1, 0.15) is 0 Å². The largest absolute Gasteiger partial charge is 0.327 e. The molecule has 1 aliphatic heterocycles. The molecule has 1 saturated heterocycles. The summed E-state index contributed by atoms with van der Waals surface area (Å²) in [6.45, 7) is 5.70. The number of hydrogen-bond donors (Lipinski definition) is 1. The van der Waals surface area contributed by atoms with Crippen molar-refractivity contribution >= 4 is 11.3 Å². The molecule has 0 saturated carbocycles. The minimum Gasteiger partial charge on any atom is -0.327 e. The summed E-state index contributed by atoms with van der Waals surface area (Å²) in [6, 6.07) is 4.78. The zero-order valence-corrected chi connectivity index (χ0v) is 10.2. The Morgan fingerprint density at radius 2 is 2.47 bits per heavy atom. The van der Waals surface area contributed by atoms with Gasteiger partial charge in [0.05, 0.1) is 0 Å². The topological polar surface area (TPSA) is 29.3 Å². The van der Waals surface area contributed by atoms with E-state index >= 15 is 0 Å². The first kappa shape index (κ1) is 11.1. The quantitative estimate of drug-likeness (QED) is 0.853. The van der Waals surface area contributed by atoms with Crippen LogP contribution in [0.25, 0.3) is 0 Å². The van der Waals surface area contributed by atoms with Gasteiger partial charge in [-0.15, -0.1) is 11.3 Å². The summed E-state index contributed by atoms with van der Waals surface area (Å²) < 4.78 is 0. The molecule has 2 atom stereocenters. The summed E-state index contributed by atoms with van der Waals surface area (Å²) in [6.07, 6.45) is 2.37. The molecule has 0 spiro atoms. The van der Waals surface area contributed by atoms with Crippen molar-refractivity contribution in [1.29, 1.82) is 0 Å². The summed E-state index contributed by atoms with van der Waals surface area (Å²) in [4.78, 5) is 4.02. The Kier molecular flexibility index (Phi) is 3.78. The van der Waals surface area contributed by atoms with Crippen LogP contribution in [0.5, 0.6) is 0 Å². The number of piperidine rings is 1. The average molecular weight is 224 g/mol. The number of nitrogens with zero attached hydrogens (tertiary/aromatic N) is 1. The summed E-state index contributed by atoms with van der Waals surface area (Å²) >= 11 is 1.85. The van der Waals surface area contributed by atoms with E-state index in [2.05, 4.69) is 29.3 Å². The lowest BCUT2D eigenvalue weighted by atomic mass is 9.91. The highest BCUT2D eigenvalue weighted by atomic mass is 32.1. The van der Waals surface area contributed by atoms with Gasteiger partial charge in [0.2, 0.25) is 0 Å². The van der Waals surface area contributed by atoms with Gasteiger partial charge < -0.3 is 5.73 Å². The van der Waals surface area contributed by atoms with Gasteiger partial charge in [-0.05, 0) is 23.8 Å². The third-order valence-electron chi connectivity index (χ3n) is 3.36. The van der Waals surface area contributed by atoms with Crippen LogP contribution in [0.2, 0.25) is 0 Å². The Morgan fingerprint density at radius 3 is 3.13 bits per heavy atom. The smallest absolute Gasteiger partial charge is 0.0328 e. The van der Waals surface area contributed by atoms with E-state index in [-0.39, 0.29) is 0 Å². The van der Waals surface area contributed by atoms with Crippen molar-refractivity contribution in [1.82, 2.24) is 4.90 Å². The van der Waals surface area contributed by atoms with E-state index in [4.69, 9.17) is 5.73 Å². The van der Waals surface area contributed by atoms with Gasteiger partial charge in [-0.25, -0.2) is 0 Å². The van der Waals surface area contributed by atoms with E-state index < -0.39 is 0 Å². The average Bonchev–Trinajstić information content (AvgIpc) is 2.73. The fourth-order valence-corrected chi connectivity index (χ4v) is 3.07. The van der Waals surface area contributed by atoms with Crippen LogP contribution in [-0.4, -0.2) is 24.0 Å². The molecule has 1 aromatic rings. The standard InChI is InChI=1S/C12H20N2S/c1-2-10-8-14(6-5-12(10)13)9-11-4-3-7-15-11/h3-4,7,10,12H,2,5-6,8-9,13H2,1H3. The number of thiophene rings is 1. The van der Waals surface area contributed by atoms with E-state index in [1.807, 2.05) is 11.3 Å². The van der Waals surface area contributed by atoms with E-state index in [0.29, 0.717) is 12.0 Å². The molecule has 1 aliphatic rings. The molecule has 2 unspecified atom stereocenters. The molecular formula is C12H20N2S. The molecule has 2 N–H and O–H groups in total. The predicted molar refractivity (Wildman–Crippen MR) is 66.0 cm³/mol. The molecule has 84 valence electrons. The lowest BCUT2D eigenvalue weighted by Crippen LogP contribution is -2.46. The molecule has 0 amide bonds. The SMILES string of the molecule is CCC1CN(Cc2cccs2)CCC1N. The van der Waals surface area contributed by atoms with Crippen molar-refractivity contribution in [3.05, 3.63) is 22.4 Å². The van der Waals surface area contributed by atoms with Crippen molar-refractivity contribution in [2.45, 2.75) is 32.4 Å². The second kappa shape index (κ2) is 5.10. The van der Waals surface area contributed by atoms with Crippen LogP contribution in [0.1, 0.15) is 24.6 Å². The molecular weight excluding hydrogens is 204 g/mol. The molecule has 2 rings (SSSR count). The van der Waals surface area contributed by atoms with Crippen LogP contribution < -0.4 is 5.73 Å². The van der Waals surface area contributed by atoms with Crippen molar-refractivity contribution in [3.63, 3.8) is 0 Å². The zero-order chi connectivity index (χ0) is 10.7. The molecule has 0 aromatic carbocycles. The Bertz CT molecular complexity index is 284. The summed E-state index contributed by atoms with van der Waals surface area (Å²) in [7, 11) is 0. The molecule has 0 radical (unpaired) electrons. The van der Waals surface area contributed by atoms with Gasteiger partial charge in [-0.2, -0.15) is 0 Å². The van der Waals surface area contributed by atoms with Gasteiger partial charge >= 0.3 is 0 Å². The Labute approximate surface area is 96.1 Å². The number of hydrogen-bond acceptors (Lipinski definition) is 3. The Morgan fingerprint density at radius 1 is 1.60 bits per heavy atom. The highest BCUT2D eigenvalue weighted by molar-refractivity contribution is 7.09. The van der Waals surface area contributed by atoms with Crippen LogP contribution >= 0.6 is 11.3 Å². The lowest BCUT2D eigenvalue weighted by molar-refractivity contribution is 0.146. The monoisotopic (exact) mass is 224 g/mol. The number of nitrogens with two attached hydrogens (primary N) is 1.